The Bertz CT molecular complexity index is 877. The first-order chi connectivity index (χ1) is 15.1. The maximum absolute atomic E-state index is 12.8. The van der Waals surface area contributed by atoms with E-state index in [9.17, 15) is 9.59 Å². The van der Waals surface area contributed by atoms with Crippen molar-refractivity contribution in [3.05, 3.63) is 52.0 Å². The summed E-state index contributed by atoms with van der Waals surface area (Å²) in [6.07, 6.45) is 3.57. The van der Waals surface area contributed by atoms with Crippen LogP contribution in [-0.4, -0.2) is 70.8 Å². The average Bonchev–Trinajstić information content (AvgIpc) is 3.24. The van der Waals surface area contributed by atoms with Crippen molar-refractivity contribution in [3.63, 3.8) is 0 Å². The number of hydrogen-bond donors (Lipinski definition) is 0. The van der Waals surface area contributed by atoms with E-state index in [-0.39, 0.29) is 11.8 Å². The second-order valence-electron chi connectivity index (χ2n) is 8.71. The van der Waals surface area contributed by atoms with Gasteiger partial charge in [0, 0.05) is 52.2 Å². The lowest BCUT2D eigenvalue weighted by Crippen LogP contribution is -2.48. The van der Waals surface area contributed by atoms with Gasteiger partial charge in [-0.25, -0.2) is 4.98 Å². The zero-order chi connectivity index (χ0) is 21.6. The molecule has 0 aliphatic carbocycles. The van der Waals surface area contributed by atoms with Gasteiger partial charge in [0.05, 0.1) is 11.2 Å². The van der Waals surface area contributed by atoms with Crippen LogP contribution in [0.25, 0.3) is 0 Å². The smallest absolute Gasteiger partial charge is 0.265 e. The molecule has 0 bridgehead atoms. The maximum atomic E-state index is 12.8. The Kier molecular flexibility index (Phi) is 7.35. The Balaban J connectivity index is 1.20. The van der Waals surface area contributed by atoms with Crippen molar-refractivity contribution >= 4 is 23.2 Å². The van der Waals surface area contributed by atoms with Gasteiger partial charge in [-0.2, -0.15) is 0 Å². The van der Waals surface area contributed by atoms with Gasteiger partial charge in [0.25, 0.3) is 5.91 Å². The predicted molar refractivity (Wildman–Crippen MR) is 123 cm³/mol. The SMILES string of the molecule is Cc1ncsc1C(=O)N1CCCC(CCC(=O)N2CCN(Cc3ccccc3)CC2)C1. The lowest BCUT2D eigenvalue weighted by atomic mass is 9.93. The summed E-state index contributed by atoms with van der Waals surface area (Å²) in [5.41, 5.74) is 3.88. The number of piperazine rings is 1. The first kappa shape index (κ1) is 22.0. The Morgan fingerprint density at radius 2 is 1.84 bits per heavy atom. The minimum absolute atomic E-state index is 0.102. The van der Waals surface area contributed by atoms with Crippen LogP contribution in [-0.2, 0) is 11.3 Å². The third-order valence-electron chi connectivity index (χ3n) is 6.49. The highest BCUT2D eigenvalue weighted by molar-refractivity contribution is 7.11. The van der Waals surface area contributed by atoms with E-state index in [4.69, 9.17) is 0 Å². The summed E-state index contributed by atoms with van der Waals surface area (Å²) in [6, 6.07) is 10.5. The van der Waals surface area contributed by atoms with E-state index in [2.05, 4.69) is 34.1 Å². The van der Waals surface area contributed by atoms with Gasteiger partial charge in [-0.15, -0.1) is 11.3 Å². The highest BCUT2D eigenvalue weighted by Crippen LogP contribution is 2.25. The number of thiazole rings is 1. The molecule has 4 rings (SSSR count). The van der Waals surface area contributed by atoms with Gasteiger partial charge in [0.1, 0.15) is 4.88 Å². The summed E-state index contributed by atoms with van der Waals surface area (Å²) in [6.45, 7) is 7.90. The van der Waals surface area contributed by atoms with Crippen molar-refractivity contribution in [2.45, 2.75) is 39.2 Å². The third-order valence-corrected chi connectivity index (χ3v) is 7.40. The first-order valence-corrected chi connectivity index (χ1v) is 12.2. The molecule has 31 heavy (non-hydrogen) atoms. The molecule has 0 N–H and O–H groups in total. The Morgan fingerprint density at radius 1 is 1.06 bits per heavy atom. The summed E-state index contributed by atoms with van der Waals surface area (Å²) < 4.78 is 0. The minimum Gasteiger partial charge on any atom is -0.340 e. The zero-order valence-electron chi connectivity index (χ0n) is 18.3. The fraction of sp³-hybridized carbons (Fsp3) is 0.542. The molecule has 2 aliphatic rings. The van der Waals surface area contributed by atoms with Crippen LogP contribution in [0.2, 0.25) is 0 Å². The molecule has 1 unspecified atom stereocenters. The van der Waals surface area contributed by atoms with Crippen molar-refractivity contribution in [2.75, 3.05) is 39.3 Å². The zero-order valence-corrected chi connectivity index (χ0v) is 19.1. The van der Waals surface area contributed by atoms with Gasteiger partial charge in [-0.05, 0) is 37.7 Å². The molecule has 1 aromatic carbocycles. The molecule has 2 fully saturated rings. The Hall–Kier alpha value is -2.25. The largest absolute Gasteiger partial charge is 0.340 e. The molecule has 3 heterocycles. The number of rotatable bonds is 6. The quantitative estimate of drug-likeness (QED) is 0.691. The number of hydrogen-bond acceptors (Lipinski definition) is 5. The Morgan fingerprint density at radius 3 is 2.55 bits per heavy atom. The van der Waals surface area contributed by atoms with Crippen LogP contribution in [0.1, 0.15) is 46.6 Å². The number of aromatic nitrogens is 1. The van der Waals surface area contributed by atoms with Crippen LogP contribution in [0, 0.1) is 12.8 Å². The maximum Gasteiger partial charge on any atom is 0.265 e. The van der Waals surface area contributed by atoms with E-state index in [1.54, 1.807) is 5.51 Å². The number of likely N-dealkylation sites (tertiary alicyclic amines) is 1. The molecule has 2 amide bonds. The van der Waals surface area contributed by atoms with Crippen LogP contribution < -0.4 is 0 Å². The third kappa shape index (κ3) is 5.71. The van der Waals surface area contributed by atoms with Gasteiger partial charge < -0.3 is 9.80 Å². The molecule has 2 aliphatic heterocycles. The van der Waals surface area contributed by atoms with Crippen molar-refractivity contribution < 1.29 is 9.59 Å². The average molecular weight is 441 g/mol. The number of nitrogens with zero attached hydrogens (tertiary/aromatic N) is 4. The van der Waals surface area contributed by atoms with Crippen molar-refractivity contribution in [2.24, 2.45) is 5.92 Å². The van der Waals surface area contributed by atoms with E-state index in [1.165, 1.54) is 16.9 Å². The van der Waals surface area contributed by atoms with Gasteiger partial charge in [0.2, 0.25) is 5.91 Å². The van der Waals surface area contributed by atoms with Crippen LogP contribution >= 0.6 is 11.3 Å². The van der Waals surface area contributed by atoms with Crippen LogP contribution in [0.3, 0.4) is 0 Å². The van der Waals surface area contributed by atoms with Crippen molar-refractivity contribution in [3.8, 4) is 0 Å². The fourth-order valence-corrected chi connectivity index (χ4v) is 5.39. The molecule has 0 radical (unpaired) electrons. The molecule has 1 atom stereocenters. The van der Waals surface area contributed by atoms with Crippen LogP contribution in [0.15, 0.2) is 35.8 Å². The predicted octanol–water partition coefficient (Wildman–Crippen LogP) is 3.43. The van der Waals surface area contributed by atoms with Crippen LogP contribution in [0.5, 0.6) is 0 Å². The van der Waals surface area contributed by atoms with E-state index in [0.29, 0.717) is 12.3 Å². The second-order valence-corrected chi connectivity index (χ2v) is 9.56. The molecule has 2 aromatic rings. The van der Waals surface area contributed by atoms with Gasteiger partial charge in [-0.3, -0.25) is 14.5 Å². The highest BCUT2D eigenvalue weighted by atomic mass is 32.1. The van der Waals surface area contributed by atoms with Crippen molar-refractivity contribution in [1.82, 2.24) is 19.7 Å². The summed E-state index contributed by atoms with van der Waals surface area (Å²) in [5, 5.41) is 0. The first-order valence-electron chi connectivity index (χ1n) is 11.3. The number of benzene rings is 1. The van der Waals surface area contributed by atoms with E-state index >= 15 is 0 Å². The highest BCUT2D eigenvalue weighted by Gasteiger charge is 2.28. The lowest BCUT2D eigenvalue weighted by Gasteiger charge is -2.36. The molecule has 2 saturated heterocycles. The van der Waals surface area contributed by atoms with E-state index in [0.717, 1.165) is 75.6 Å². The van der Waals surface area contributed by atoms with Gasteiger partial charge in [0.15, 0.2) is 0 Å². The minimum atomic E-state index is 0.102. The standard InChI is InChI=1S/C24H32N4O2S/c1-19-23(31-18-25-19)24(30)28-11-5-8-21(17-28)9-10-22(29)27-14-12-26(13-15-27)16-20-6-3-2-4-7-20/h2-4,6-7,18,21H,5,8-17H2,1H3. The molecule has 166 valence electrons. The lowest BCUT2D eigenvalue weighted by molar-refractivity contribution is -0.133. The number of carbonyl (C=O) groups excluding carboxylic acids is 2. The normalized spacial score (nSPS) is 20.1. The second kappa shape index (κ2) is 10.4. The molecule has 0 saturated carbocycles. The van der Waals surface area contributed by atoms with Crippen LogP contribution in [0.4, 0.5) is 0 Å². The topological polar surface area (TPSA) is 56.8 Å². The number of piperidine rings is 1. The number of amides is 2. The summed E-state index contributed by atoms with van der Waals surface area (Å²) in [7, 11) is 0. The monoisotopic (exact) mass is 440 g/mol. The summed E-state index contributed by atoms with van der Waals surface area (Å²) in [4.78, 5) is 36.9. The van der Waals surface area contributed by atoms with Gasteiger partial charge >= 0.3 is 0 Å². The summed E-state index contributed by atoms with van der Waals surface area (Å²) in [5.74, 6) is 0.779. The number of aryl methyl sites for hydroxylation is 1. The molecule has 6 nitrogen and oxygen atoms in total. The van der Waals surface area contributed by atoms with E-state index < -0.39 is 0 Å². The van der Waals surface area contributed by atoms with E-state index in [1.807, 2.05) is 22.8 Å². The molecular weight excluding hydrogens is 408 g/mol. The molecule has 1 aromatic heterocycles. The summed E-state index contributed by atoms with van der Waals surface area (Å²) >= 11 is 1.42. The van der Waals surface area contributed by atoms with Gasteiger partial charge in [-0.1, -0.05) is 30.3 Å². The number of carbonyl (C=O) groups is 2. The Labute approximate surface area is 188 Å². The fourth-order valence-electron chi connectivity index (χ4n) is 4.62. The molecule has 0 spiro atoms. The molecular formula is C24H32N4O2S. The molecule has 7 heteroatoms. The van der Waals surface area contributed by atoms with Crippen molar-refractivity contribution in [1.29, 1.82) is 0 Å².